The third-order valence-corrected chi connectivity index (χ3v) is 4.58. The molecule has 2 unspecified atom stereocenters. The first-order valence-electron chi connectivity index (χ1n) is 6.91. The lowest BCUT2D eigenvalue weighted by Crippen LogP contribution is -2.53. The van der Waals surface area contributed by atoms with Crippen molar-refractivity contribution < 1.29 is 13.2 Å². The number of nitrogens with one attached hydrogen (secondary N) is 1. The number of hydrogen-bond donors (Lipinski definition) is 1. The molecule has 0 fully saturated rings. The number of hydrazone groups is 1. The van der Waals surface area contributed by atoms with Crippen molar-refractivity contribution in [1.82, 2.24) is 15.6 Å². The molecule has 1 heterocycles. The summed E-state index contributed by atoms with van der Waals surface area (Å²) in [5.41, 5.74) is 3.49. The average Bonchev–Trinajstić information content (AvgIpc) is 2.90. The van der Waals surface area contributed by atoms with Crippen molar-refractivity contribution in [2.45, 2.75) is 32.0 Å². The zero-order valence-electron chi connectivity index (χ0n) is 12.1. The maximum Gasteiger partial charge on any atom is 0.439 e. The molecule has 0 amide bonds. The van der Waals surface area contributed by atoms with Crippen molar-refractivity contribution >= 4 is 16.8 Å². The predicted octanol–water partition coefficient (Wildman–Crippen LogP) is 3.25. The van der Waals surface area contributed by atoms with Gasteiger partial charge in [0.15, 0.2) is 0 Å². The standard InChI is InChI=1S/C15H15ClF3N3/c1-9-7-10-5-3-4-6-11(10)14(9,2)21-22-12(15(17,18)19)8-13(16)20-22/h3-6,8-9,21H,7H2,1-2H3/q+1. The van der Waals surface area contributed by atoms with Crippen LogP contribution >= 0.6 is 11.6 Å². The summed E-state index contributed by atoms with van der Waals surface area (Å²) in [4.78, 5) is 0. The first-order valence-corrected chi connectivity index (χ1v) is 7.29. The molecular formula is C15H15ClF3N3+. The van der Waals surface area contributed by atoms with E-state index in [-0.39, 0.29) is 11.1 Å². The predicted molar refractivity (Wildman–Crippen MR) is 78.8 cm³/mol. The van der Waals surface area contributed by atoms with E-state index in [9.17, 15) is 13.2 Å². The van der Waals surface area contributed by atoms with Gasteiger partial charge in [0.25, 0.3) is 0 Å². The number of alkyl halides is 3. The zero-order valence-corrected chi connectivity index (χ0v) is 12.8. The molecule has 7 heteroatoms. The maximum absolute atomic E-state index is 13.1. The highest BCUT2D eigenvalue weighted by Gasteiger charge is 2.51. The van der Waals surface area contributed by atoms with Crippen molar-refractivity contribution in [2.24, 2.45) is 5.92 Å². The fraction of sp³-hybridized carbons (Fsp3) is 0.400. The van der Waals surface area contributed by atoms with Crippen molar-refractivity contribution in [3.63, 3.8) is 0 Å². The molecule has 22 heavy (non-hydrogen) atoms. The number of halogens is 4. The Kier molecular flexibility index (Phi) is 3.49. The lowest BCUT2D eigenvalue weighted by Gasteiger charge is -2.32. The molecule has 3 rings (SSSR count). The molecule has 1 aromatic rings. The summed E-state index contributed by atoms with van der Waals surface area (Å²) in [5.74, 6) is 0.119. The Hall–Kier alpha value is -1.53. The van der Waals surface area contributed by atoms with Gasteiger partial charge < -0.3 is 0 Å². The third kappa shape index (κ3) is 2.40. The first-order chi connectivity index (χ1) is 10.2. The molecule has 0 saturated carbocycles. The second-order valence-corrected chi connectivity index (χ2v) is 6.23. The minimum atomic E-state index is -4.52. The Morgan fingerprint density at radius 1 is 1.36 bits per heavy atom. The van der Waals surface area contributed by atoms with Gasteiger partial charge >= 0.3 is 11.3 Å². The second kappa shape index (κ2) is 4.99. The number of nitrogens with zero attached hydrogens (tertiary/aromatic N) is 2. The van der Waals surface area contributed by atoms with Gasteiger partial charge in [0.2, 0.25) is 10.8 Å². The van der Waals surface area contributed by atoms with E-state index in [4.69, 9.17) is 11.6 Å². The largest absolute Gasteiger partial charge is 0.439 e. The fourth-order valence-corrected chi connectivity index (χ4v) is 3.21. The van der Waals surface area contributed by atoms with Crippen LogP contribution in [0.3, 0.4) is 0 Å². The lowest BCUT2D eigenvalue weighted by atomic mass is 9.87. The Bertz CT molecular complexity index is 668. The van der Waals surface area contributed by atoms with Crippen molar-refractivity contribution in [3.05, 3.63) is 47.2 Å². The minimum Gasteiger partial charge on any atom is -0.164 e. The van der Waals surface area contributed by atoms with Gasteiger partial charge in [0.1, 0.15) is 0 Å². The molecule has 1 N–H and O–H groups in total. The molecule has 1 aliphatic heterocycles. The van der Waals surface area contributed by atoms with Crippen LogP contribution in [0.4, 0.5) is 13.2 Å². The Labute approximate surface area is 131 Å². The van der Waals surface area contributed by atoms with Crippen molar-refractivity contribution in [2.75, 3.05) is 0 Å². The molecule has 2 atom stereocenters. The van der Waals surface area contributed by atoms with Crippen LogP contribution in [0, 0.1) is 5.92 Å². The van der Waals surface area contributed by atoms with Crippen LogP contribution in [-0.2, 0) is 12.0 Å². The van der Waals surface area contributed by atoms with E-state index in [0.717, 1.165) is 28.7 Å². The number of allylic oxidation sites excluding steroid dienone is 2. The minimum absolute atomic E-state index is 0.119. The van der Waals surface area contributed by atoms with Crippen LogP contribution in [-0.4, -0.2) is 16.5 Å². The molecule has 0 spiro atoms. The van der Waals surface area contributed by atoms with Gasteiger partial charge in [0, 0.05) is 0 Å². The topological polar surface area (TPSA) is 29.4 Å². The molecular weight excluding hydrogens is 315 g/mol. The van der Waals surface area contributed by atoms with Gasteiger partial charge in [-0.2, -0.15) is 18.6 Å². The Balaban J connectivity index is 1.94. The summed E-state index contributed by atoms with van der Waals surface area (Å²) in [6, 6.07) is 7.75. The molecule has 0 aromatic heterocycles. The van der Waals surface area contributed by atoms with Crippen LogP contribution in [0.5, 0.6) is 0 Å². The van der Waals surface area contributed by atoms with E-state index in [1.165, 1.54) is 0 Å². The van der Waals surface area contributed by atoms with E-state index < -0.39 is 17.4 Å². The van der Waals surface area contributed by atoms with E-state index in [0.29, 0.717) is 0 Å². The van der Waals surface area contributed by atoms with Gasteiger partial charge in [0.05, 0.1) is 11.6 Å². The zero-order chi connectivity index (χ0) is 16.1. The van der Waals surface area contributed by atoms with E-state index in [2.05, 4.69) is 10.5 Å². The highest BCUT2D eigenvalue weighted by atomic mass is 35.5. The normalized spacial score (nSPS) is 27.7. The summed E-state index contributed by atoms with van der Waals surface area (Å²) in [5, 5.41) is 4.30. The lowest BCUT2D eigenvalue weighted by molar-refractivity contribution is -0.122. The van der Waals surface area contributed by atoms with E-state index in [1.807, 2.05) is 38.1 Å². The third-order valence-electron chi connectivity index (χ3n) is 4.40. The molecule has 3 nitrogen and oxygen atoms in total. The summed E-state index contributed by atoms with van der Waals surface area (Å²) >= 11 is 5.67. The summed E-state index contributed by atoms with van der Waals surface area (Å²) < 4.78 is 39.3. The van der Waals surface area contributed by atoms with Gasteiger partial charge in [-0.05, 0) is 47.1 Å². The van der Waals surface area contributed by atoms with E-state index in [1.54, 1.807) is 0 Å². The Morgan fingerprint density at radius 3 is 2.73 bits per heavy atom. The monoisotopic (exact) mass is 329 g/mol. The molecule has 0 saturated heterocycles. The first kappa shape index (κ1) is 15.4. The molecule has 117 valence electrons. The number of fused-ring (bicyclic) bond motifs is 1. The smallest absolute Gasteiger partial charge is 0.164 e. The average molecular weight is 330 g/mol. The van der Waals surface area contributed by atoms with Crippen molar-refractivity contribution in [1.29, 1.82) is 0 Å². The number of benzene rings is 1. The fourth-order valence-electron chi connectivity index (χ4n) is 3.03. The van der Waals surface area contributed by atoms with Gasteiger partial charge in [-0.15, -0.1) is 0 Å². The van der Waals surface area contributed by atoms with Gasteiger partial charge in [-0.3, -0.25) is 0 Å². The summed E-state index contributed by atoms with van der Waals surface area (Å²) in [6.07, 6.45) is -2.90. The highest BCUT2D eigenvalue weighted by molar-refractivity contribution is 6.68. The van der Waals surface area contributed by atoms with Crippen LogP contribution in [0.25, 0.3) is 0 Å². The van der Waals surface area contributed by atoms with Gasteiger partial charge in [-0.25, -0.2) is 0 Å². The van der Waals surface area contributed by atoms with Crippen molar-refractivity contribution in [3.8, 4) is 0 Å². The Morgan fingerprint density at radius 2 is 2.05 bits per heavy atom. The molecule has 1 aliphatic carbocycles. The number of hydrazine groups is 1. The van der Waals surface area contributed by atoms with Crippen LogP contribution in [0.15, 0.2) is 36.0 Å². The quantitative estimate of drug-likeness (QED) is 0.902. The molecule has 1 aromatic carbocycles. The summed E-state index contributed by atoms with van der Waals surface area (Å²) in [6.45, 7) is 3.89. The number of rotatable bonds is 2. The van der Waals surface area contributed by atoms with Crippen LogP contribution in [0.2, 0.25) is 0 Å². The molecule has 1 radical (unpaired) electrons. The highest BCUT2D eigenvalue weighted by Crippen LogP contribution is 2.42. The van der Waals surface area contributed by atoms with Crippen LogP contribution in [0.1, 0.15) is 25.0 Å². The van der Waals surface area contributed by atoms with E-state index >= 15 is 0 Å². The number of hydrogen-bond acceptors (Lipinski definition) is 3. The molecule has 0 bridgehead atoms. The SMILES string of the molecule is CC1Cc2ccccc2C1(C)NN1[N+]=C(Cl)C=C1C(F)(F)F. The molecule has 2 aliphatic rings. The van der Waals surface area contributed by atoms with Crippen LogP contribution < -0.4 is 10.5 Å². The van der Waals surface area contributed by atoms with Gasteiger partial charge in [-0.1, -0.05) is 31.2 Å². The maximum atomic E-state index is 13.1. The summed E-state index contributed by atoms with van der Waals surface area (Å²) in [7, 11) is 0. The second-order valence-electron chi connectivity index (χ2n) is 5.84.